The standard InChI is InChI=1S/C23H16ClFN8S/c24-18-8-16(31-22(19-11-30-33-32-19)13-1-3-15(25)4-2-13)7-17-21(14(9-26)10-28-23(17)18)29-12-20-27-5-6-34-20/h1-8,10-11,22,31H,12H2,(H,28,29)(H,30,32,33). The maximum atomic E-state index is 13.5. The largest absolute Gasteiger partial charge is 0.377 e. The number of hydrogen-bond acceptors (Lipinski definition) is 8. The molecule has 0 aliphatic heterocycles. The number of fused-ring (bicyclic) bond motifs is 1. The van der Waals surface area contributed by atoms with E-state index in [1.165, 1.54) is 29.7 Å². The molecule has 1 unspecified atom stereocenters. The van der Waals surface area contributed by atoms with E-state index in [0.717, 1.165) is 10.6 Å². The van der Waals surface area contributed by atoms with Crippen molar-refractivity contribution in [3.8, 4) is 6.07 Å². The molecular formula is C23H16ClFN8S. The van der Waals surface area contributed by atoms with E-state index in [1.54, 1.807) is 30.6 Å². The fraction of sp³-hybridized carbons (Fsp3) is 0.0870. The van der Waals surface area contributed by atoms with Crippen molar-refractivity contribution in [1.29, 1.82) is 5.26 Å². The highest BCUT2D eigenvalue weighted by Crippen LogP contribution is 2.35. The minimum atomic E-state index is -0.424. The average Bonchev–Trinajstić information content (AvgIpc) is 3.56. The van der Waals surface area contributed by atoms with E-state index in [0.29, 0.717) is 45.1 Å². The van der Waals surface area contributed by atoms with Crippen molar-refractivity contribution in [2.45, 2.75) is 12.6 Å². The molecule has 0 amide bonds. The highest BCUT2D eigenvalue weighted by Gasteiger charge is 2.19. The zero-order valence-corrected chi connectivity index (χ0v) is 19.0. The van der Waals surface area contributed by atoms with E-state index in [2.05, 4.69) is 42.1 Å². The molecule has 0 fully saturated rings. The molecule has 2 aromatic carbocycles. The van der Waals surface area contributed by atoms with Crippen LogP contribution in [-0.4, -0.2) is 25.4 Å². The number of H-pyrrole nitrogens is 1. The minimum absolute atomic E-state index is 0.331. The van der Waals surface area contributed by atoms with Gasteiger partial charge in [-0.15, -0.1) is 11.3 Å². The summed E-state index contributed by atoms with van der Waals surface area (Å²) in [5.41, 5.74) is 3.65. The van der Waals surface area contributed by atoms with Crippen LogP contribution in [0.25, 0.3) is 10.9 Å². The first-order valence-electron chi connectivity index (χ1n) is 10.1. The zero-order chi connectivity index (χ0) is 23.5. The summed E-state index contributed by atoms with van der Waals surface area (Å²) in [6.45, 7) is 0.456. The fourth-order valence-electron chi connectivity index (χ4n) is 3.62. The third-order valence-corrected chi connectivity index (χ3v) is 6.26. The number of nitriles is 1. The zero-order valence-electron chi connectivity index (χ0n) is 17.5. The minimum Gasteiger partial charge on any atom is -0.377 e. The molecule has 0 bridgehead atoms. The maximum Gasteiger partial charge on any atom is 0.123 e. The van der Waals surface area contributed by atoms with Crippen LogP contribution in [0.15, 0.2) is 60.4 Å². The number of anilines is 2. The fourth-order valence-corrected chi connectivity index (χ4v) is 4.45. The lowest BCUT2D eigenvalue weighted by molar-refractivity contribution is 0.626. The Bertz CT molecular complexity index is 1460. The lowest BCUT2D eigenvalue weighted by Crippen LogP contribution is -2.13. The van der Waals surface area contributed by atoms with Gasteiger partial charge in [-0.25, -0.2) is 9.37 Å². The molecule has 0 aliphatic rings. The Hall–Kier alpha value is -4.07. The quantitative estimate of drug-likeness (QED) is 0.284. The monoisotopic (exact) mass is 490 g/mol. The summed E-state index contributed by atoms with van der Waals surface area (Å²) in [6, 6.07) is 11.5. The van der Waals surface area contributed by atoms with Crippen LogP contribution in [-0.2, 0) is 6.54 Å². The van der Waals surface area contributed by atoms with Gasteiger partial charge in [-0.2, -0.15) is 20.7 Å². The Morgan fingerprint density at radius 3 is 2.74 bits per heavy atom. The Balaban J connectivity index is 1.57. The van der Waals surface area contributed by atoms with Crippen LogP contribution < -0.4 is 10.6 Å². The van der Waals surface area contributed by atoms with Crippen molar-refractivity contribution in [1.82, 2.24) is 25.4 Å². The molecule has 3 N–H and O–H groups in total. The molecule has 3 heterocycles. The van der Waals surface area contributed by atoms with Gasteiger partial charge in [0.25, 0.3) is 0 Å². The molecule has 8 nitrogen and oxygen atoms in total. The molecule has 0 saturated carbocycles. The smallest absolute Gasteiger partial charge is 0.123 e. The predicted octanol–water partition coefficient (Wildman–Crippen LogP) is 5.29. The van der Waals surface area contributed by atoms with Crippen LogP contribution in [0.4, 0.5) is 15.8 Å². The third kappa shape index (κ3) is 4.39. The van der Waals surface area contributed by atoms with Gasteiger partial charge in [0.1, 0.15) is 22.6 Å². The summed E-state index contributed by atoms with van der Waals surface area (Å²) in [5.74, 6) is -0.331. The topological polar surface area (TPSA) is 115 Å². The normalized spacial score (nSPS) is 11.8. The second kappa shape index (κ2) is 9.43. The SMILES string of the molecule is N#Cc1cnc2c(Cl)cc(NC(c3ccc(F)cc3)c3cn[nH]n3)cc2c1NCc1nccs1. The number of hydrogen-bond donors (Lipinski definition) is 3. The lowest BCUT2D eigenvalue weighted by Gasteiger charge is -2.20. The van der Waals surface area contributed by atoms with E-state index in [9.17, 15) is 9.65 Å². The summed E-state index contributed by atoms with van der Waals surface area (Å²) in [6.07, 6.45) is 4.83. The van der Waals surface area contributed by atoms with Crippen molar-refractivity contribution in [3.05, 3.63) is 93.0 Å². The molecule has 11 heteroatoms. The number of thiazole rings is 1. The first-order valence-corrected chi connectivity index (χ1v) is 11.4. The number of rotatable bonds is 7. The van der Waals surface area contributed by atoms with Gasteiger partial charge in [0.05, 0.1) is 40.6 Å². The summed E-state index contributed by atoms with van der Waals surface area (Å²) in [7, 11) is 0. The second-order valence-electron chi connectivity index (χ2n) is 7.32. The molecule has 34 heavy (non-hydrogen) atoms. The van der Waals surface area contributed by atoms with Gasteiger partial charge in [0, 0.05) is 28.8 Å². The van der Waals surface area contributed by atoms with Crippen LogP contribution in [0.2, 0.25) is 5.02 Å². The first kappa shape index (κ1) is 21.8. The molecule has 5 aromatic rings. The molecule has 0 saturated heterocycles. The number of halogens is 2. The molecule has 168 valence electrons. The van der Waals surface area contributed by atoms with Crippen molar-refractivity contribution in [2.75, 3.05) is 10.6 Å². The lowest BCUT2D eigenvalue weighted by atomic mass is 10.0. The van der Waals surface area contributed by atoms with Crippen molar-refractivity contribution in [2.24, 2.45) is 0 Å². The van der Waals surface area contributed by atoms with Crippen LogP contribution in [0.3, 0.4) is 0 Å². The van der Waals surface area contributed by atoms with Crippen LogP contribution >= 0.6 is 22.9 Å². The Labute approximate surface area is 202 Å². The Kier molecular flexibility index (Phi) is 6.03. The highest BCUT2D eigenvalue weighted by atomic mass is 35.5. The summed E-state index contributed by atoms with van der Waals surface area (Å²) in [5, 5.41) is 31.0. The van der Waals surface area contributed by atoms with E-state index in [1.807, 2.05) is 11.4 Å². The van der Waals surface area contributed by atoms with Crippen molar-refractivity contribution >= 4 is 45.2 Å². The Morgan fingerprint density at radius 2 is 2.03 bits per heavy atom. The average molecular weight is 491 g/mol. The maximum absolute atomic E-state index is 13.5. The van der Waals surface area contributed by atoms with Crippen LogP contribution in [0.1, 0.15) is 27.9 Å². The van der Waals surface area contributed by atoms with Crippen molar-refractivity contribution < 1.29 is 4.39 Å². The predicted molar refractivity (Wildman–Crippen MR) is 129 cm³/mol. The first-order chi connectivity index (χ1) is 16.6. The number of pyridine rings is 1. The molecule has 1 atom stereocenters. The molecular weight excluding hydrogens is 475 g/mol. The van der Waals surface area contributed by atoms with Crippen molar-refractivity contribution in [3.63, 3.8) is 0 Å². The number of aromatic amines is 1. The number of aromatic nitrogens is 5. The molecule has 5 rings (SSSR count). The van der Waals surface area contributed by atoms with Gasteiger partial charge in [-0.05, 0) is 29.8 Å². The van der Waals surface area contributed by atoms with E-state index in [4.69, 9.17) is 11.6 Å². The number of nitrogens with one attached hydrogen (secondary N) is 3. The molecule has 0 aliphatic carbocycles. The summed E-state index contributed by atoms with van der Waals surface area (Å²) >= 11 is 8.12. The third-order valence-electron chi connectivity index (χ3n) is 5.19. The molecule has 0 spiro atoms. The van der Waals surface area contributed by atoms with Gasteiger partial charge in [0.15, 0.2) is 0 Å². The summed E-state index contributed by atoms with van der Waals surface area (Å²) < 4.78 is 13.5. The second-order valence-corrected chi connectivity index (χ2v) is 8.70. The Morgan fingerprint density at radius 1 is 1.18 bits per heavy atom. The molecule has 3 aromatic heterocycles. The van der Waals surface area contributed by atoms with Gasteiger partial charge >= 0.3 is 0 Å². The van der Waals surface area contributed by atoms with E-state index in [-0.39, 0.29) is 5.82 Å². The summed E-state index contributed by atoms with van der Waals surface area (Å²) in [4.78, 5) is 8.68. The number of benzene rings is 2. The number of nitrogens with zero attached hydrogens (tertiary/aromatic N) is 5. The van der Waals surface area contributed by atoms with E-state index < -0.39 is 6.04 Å². The molecule has 0 radical (unpaired) electrons. The highest BCUT2D eigenvalue weighted by molar-refractivity contribution is 7.09. The van der Waals surface area contributed by atoms with Crippen LogP contribution in [0, 0.1) is 17.1 Å². The van der Waals surface area contributed by atoms with Gasteiger partial charge in [-0.3, -0.25) is 4.98 Å². The van der Waals surface area contributed by atoms with Crippen LogP contribution in [0.5, 0.6) is 0 Å². The van der Waals surface area contributed by atoms with Gasteiger partial charge in [-0.1, -0.05) is 23.7 Å². The van der Waals surface area contributed by atoms with Gasteiger partial charge in [0.2, 0.25) is 0 Å². The van der Waals surface area contributed by atoms with E-state index >= 15 is 0 Å². The van der Waals surface area contributed by atoms with Gasteiger partial charge < -0.3 is 10.6 Å².